The van der Waals surface area contributed by atoms with Gasteiger partial charge in [-0.2, -0.15) is 0 Å². The van der Waals surface area contributed by atoms with E-state index in [1.54, 1.807) is 12.1 Å². The Morgan fingerprint density at radius 1 is 0.963 bits per heavy atom. The van der Waals surface area contributed by atoms with Gasteiger partial charge in [0.2, 0.25) is 0 Å². The van der Waals surface area contributed by atoms with E-state index in [0.29, 0.717) is 4.90 Å². The Kier molecular flexibility index (Phi) is 5.01. The summed E-state index contributed by atoms with van der Waals surface area (Å²) in [7, 11) is -1.50. The highest BCUT2D eigenvalue weighted by atomic mass is 32.2. The standard InChI is InChI=1S/C23H24O3S/c1-22(2)12-13-23(3,4)20-15-16(5-10-19(20)22)11-14-27(26)18-8-6-17(7-9-18)21(24)25/h5-10,15H,12-13H2,1-4H3,(H,24,25). The Morgan fingerprint density at radius 3 is 2.15 bits per heavy atom. The van der Waals surface area contributed by atoms with E-state index in [4.69, 9.17) is 5.11 Å². The average molecular weight is 381 g/mol. The molecule has 0 saturated heterocycles. The summed E-state index contributed by atoms with van der Waals surface area (Å²) in [5, 5.41) is 11.7. The van der Waals surface area contributed by atoms with Crippen LogP contribution in [0.15, 0.2) is 47.4 Å². The van der Waals surface area contributed by atoms with E-state index >= 15 is 0 Å². The summed E-state index contributed by atoms with van der Waals surface area (Å²) < 4.78 is 12.4. The molecule has 140 valence electrons. The third-order valence-corrected chi connectivity index (χ3v) is 6.44. The van der Waals surface area contributed by atoms with Crippen molar-refractivity contribution in [2.45, 2.75) is 56.3 Å². The molecule has 1 unspecified atom stereocenters. The number of carbonyl (C=O) groups is 1. The van der Waals surface area contributed by atoms with Gasteiger partial charge < -0.3 is 5.11 Å². The van der Waals surface area contributed by atoms with Gasteiger partial charge in [-0.15, -0.1) is 0 Å². The molecule has 3 nitrogen and oxygen atoms in total. The molecule has 27 heavy (non-hydrogen) atoms. The van der Waals surface area contributed by atoms with Crippen LogP contribution in [0, 0.1) is 11.2 Å². The molecule has 0 fully saturated rings. The van der Waals surface area contributed by atoms with Crippen molar-refractivity contribution >= 4 is 16.8 Å². The summed E-state index contributed by atoms with van der Waals surface area (Å²) in [5.74, 6) is 2.03. The van der Waals surface area contributed by atoms with Crippen molar-refractivity contribution in [1.29, 1.82) is 0 Å². The normalized spacial score (nSPS) is 17.9. The Bertz CT molecular complexity index is 973. The van der Waals surface area contributed by atoms with E-state index in [9.17, 15) is 9.00 Å². The lowest BCUT2D eigenvalue weighted by Crippen LogP contribution is -2.33. The fourth-order valence-corrected chi connectivity index (χ4v) is 4.26. The maximum Gasteiger partial charge on any atom is 0.335 e. The Balaban J connectivity index is 1.89. The molecular formula is C23H24O3S. The molecule has 2 aromatic carbocycles. The van der Waals surface area contributed by atoms with E-state index in [2.05, 4.69) is 51.0 Å². The lowest BCUT2D eigenvalue weighted by atomic mass is 9.63. The average Bonchev–Trinajstić information content (AvgIpc) is 2.63. The molecule has 4 heteroatoms. The number of fused-ring (bicyclic) bond motifs is 1. The second kappa shape index (κ2) is 6.98. The zero-order chi connectivity index (χ0) is 19.8. The van der Waals surface area contributed by atoms with E-state index in [1.165, 1.54) is 23.3 Å². The summed E-state index contributed by atoms with van der Waals surface area (Å²) in [5.41, 5.74) is 3.98. The number of benzene rings is 2. The van der Waals surface area contributed by atoms with Crippen LogP contribution in [0.3, 0.4) is 0 Å². The quantitative estimate of drug-likeness (QED) is 0.758. The van der Waals surface area contributed by atoms with Crippen LogP contribution in [0.25, 0.3) is 0 Å². The van der Waals surface area contributed by atoms with Gasteiger partial charge in [0.15, 0.2) is 0 Å². The second-order valence-electron chi connectivity index (χ2n) is 8.35. The van der Waals surface area contributed by atoms with Crippen LogP contribution in [0.1, 0.15) is 67.6 Å². The molecule has 0 amide bonds. The van der Waals surface area contributed by atoms with Crippen molar-refractivity contribution in [3.63, 3.8) is 0 Å². The Hall–Kier alpha value is -2.38. The minimum atomic E-state index is -1.50. The van der Waals surface area contributed by atoms with Crippen molar-refractivity contribution in [1.82, 2.24) is 0 Å². The Labute approximate surface area is 163 Å². The van der Waals surface area contributed by atoms with Gasteiger partial charge in [0, 0.05) is 10.8 Å². The summed E-state index contributed by atoms with van der Waals surface area (Å²) >= 11 is 0. The second-order valence-corrected chi connectivity index (χ2v) is 9.57. The first-order chi connectivity index (χ1) is 12.6. The van der Waals surface area contributed by atoms with Gasteiger partial charge in [-0.05, 0) is 71.2 Å². The first-order valence-corrected chi connectivity index (χ1v) is 10.2. The van der Waals surface area contributed by atoms with Gasteiger partial charge in [0.05, 0.1) is 10.5 Å². The number of aromatic carboxylic acids is 1. The van der Waals surface area contributed by atoms with E-state index in [-0.39, 0.29) is 16.4 Å². The molecule has 1 N–H and O–H groups in total. The Morgan fingerprint density at radius 2 is 1.56 bits per heavy atom. The third kappa shape index (κ3) is 3.99. The third-order valence-electron chi connectivity index (χ3n) is 5.46. The number of hydrogen-bond acceptors (Lipinski definition) is 2. The van der Waals surface area contributed by atoms with Crippen LogP contribution >= 0.6 is 0 Å². The minimum Gasteiger partial charge on any atom is -0.478 e. The predicted molar refractivity (Wildman–Crippen MR) is 108 cm³/mol. The van der Waals surface area contributed by atoms with E-state index in [0.717, 1.165) is 18.4 Å². The lowest BCUT2D eigenvalue weighted by molar-refractivity contribution is 0.0697. The van der Waals surface area contributed by atoms with Crippen molar-refractivity contribution in [3.8, 4) is 11.2 Å². The van der Waals surface area contributed by atoms with Gasteiger partial charge in [-0.1, -0.05) is 39.7 Å². The molecule has 0 saturated carbocycles. The molecule has 0 aliphatic heterocycles. The maximum atomic E-state index is 12.4. The van der Waals surface area contributed by atoms with Crippen LogP contribution in [0.4, 0.5) is 0 Å². The van der Waals surface area contributed by atoms with Gasteiger partial charge in [-0.25, -0.2) is 9.00 Å². The van der Waals surface area contributed by atoms with E-state index < -0.39 is 16.8 Å². The molecule has 0 aromatic heterocycles. The highest BCUT2D eigenvalue weighted by Crippen LogP contribution is 2.45. The van der Waals surface area contributed by atoms with Crippen LogP contribution in [0.2, 0.25) is 0 Å². The summed E-state index contributed by atoms with van der Waals surface area (Å²) in [6, 6.07) is 12.3. The molecule has 1 aliphatic carbocycles. The van der Waals surface area contributed by atoms with Crippen molar-refractivity contribution in [2.75, 3.05) is 0 Å². The summed E-state index contributed by atoms with van der Waals surface area (Å²) in [4.78, 5) is 11.4. The van der Waals surface area contributed by atoms with Crippen molar-refractivity contribution in [3.05, 3.63) is 64.7 Å². The fraction of sp³-hybridized carbons (Fsp3) is 0.348. The minimum absolute atomic E-state index is 0.106. The highest BCUT2D eigenvalue weighted by molar-refractivity contribution is 7.89. The predicted octanol–water partition coefficient (Wildman–Crippen LogP) is 4.85. The zero-order valence-electron chi connectivity index (χ0n) is 16.1. The molecule has 2 aromatic rings. The zero-order valence-corrected chi connectivity index (χ0v) is 16.9. The van der Waals surface area contributed by atoms with Crippen LogP contribution in [-0.2, 0) is 21.6 Å². The highest BCUT2D eigenvalue weighted by Gasteiger charge is 2.36. The molecule has 1 aliphatic rings. The molecule has 0 heterocycles. The number of hydrogen-bond donors (Lipinski definition) is 1. The lowest BCUT2D eigenvalue weighted by Gasteiger charge is -2.41. The topological polar surface area (TPSA) is 54.4 Å². The molecule has 0 bridgehead atoms. The van der Waals surface area contributed by atoms with Crippen LogP contribution < -0.4 is 0 Å². The van der Waals surface area contributed by atoms with Crippen LogP contribution in [-0.4, -0.2) is 15.3 Å². The fourth-order valence-electron chi connectivity index (χ4n) is 3.55. The van der Waals surface area contributed by atoms with Gasteiger partial charge >= 0.3 is 5.97 Å². The molecular weight excluding hydrogens is 356 g/mol. The van der Waals surface area contributed by atoms with Crippen molar-refractivity contribution < 1.29 is 14.1 Å². The molecule has 3 rings (SSSR count). The molecule has 1 atom stereocenters. The van der Waals surface area contributed by atoms with Gasteiger partial charge in [0.25, 0.3) is 0 Å². The first-order valence-electron chi connectivity index (χ1n) is 9.02. The largest absolute Gasteiger partial charge is 0.478 e. The first kappa shape index (κ1) is 19.4. The summed E-state index contributed by atoms with van der Waals surface area (Å²) in [6.07, 6.45) is 2.29. The van der Waals surface area contributed by atoms with Crippen LogP contribution in [0.5, 0.6) is 0 Å². The molecule has 0 spiro atoms. The monoisotopic (exact) mass is 380 g/mol. The molecule has 0 radical (unpaired) electrons. The van der Waals surface area contributed by atoms with Crippen molar-refractivity contribution in [2.24, 2.45) is 0 Å². The van der Waals surface area contributed by atoms with E-state index in [1.807, 2.05) is 6.07 Å². The van der Waals surface area contributed by atoms with Gasteiger partial charge in [-0.3, -0.25) is 0 Å². The van der Waals surface area contributed by atoms with Gasteiger partial charge in [0.1, 0.15) is 10.8 Å². The number of carboxylic acids is 1. The number of rotatable bonds is 2. The number of carboxylic acid groups (broad SMARTS) is 1. The summed E-state index contributed by atoms with van der Waals surface area (Å²) in [6.45, 7) is 9.09. The smallest absolute Gasteiger partial charge is 0.335 e. The maximum absolute atomic E-state index is 12.4. The SMILES string of the molecule is CC1(C)CCC(C)(C)c2cc(C#CS(=O)c3ccc(C(=O)O)cc3)ccc21.